The molecule has 22 nitrogen and oxygen atoms in total. The number of aromatic nitrogens is 8. The molecule has 0 aromatic carbocycles. The number of nitriles is 2. The minimum Gasteiger partial charge on any atom is -0.342 e. The van der Waals surface area contributed by atoms with Crippen LogP contribution < -0.4 is 43.0 Å². The molecule has 0 spiro atoms. The molecule has 6 N–H and O–H groups in total. The fraction of sp³-hybridized carbons (Fsp3) is 0.262. The van der Waals surface area contributed by atoms with Crippen molar-refractivity contribution < 1.29 is 14.4 Å². The van der Waals surface area contributed by atoms with Crippen molar-refractivity contribution in [3.8, 4) is 12.1 Å². The Kier molecular flexibility index (Phi) is 12.5. The number of anilines is 5. The first-order chi connectivity index (χ1) is 30.3. The van der Waals surface area contributed by atoms with E-state index in [0.717, 1.165) is 5.70 Å². The maximum Gasteiger partial charge on any atom is 0.276 e. The standard InChI is InChI=1S/C14H12N6O2.C14H14N6O.C13H12ClN5O2.CH4/c1-14(2)19-12(21)11-8(6-15)5-9(13(22)20(11)14)18-10-3-4-16-7-17-10;1-14(2)19-13(21)12-9(6-15)5-10(7-20(12)14)18-11-3-4-16-8-17-11;1-13(2)18-11(20)10-7(14)5-8(12(21)19(10)13)17-9-3-4-15-6-16-9;/h3-5,7H,1-2H3,(H,19,21)(H,16,17,18);3-5,8H,7H2,1-2H3,(H,19,21)(H,16,17,18);3-6H,1-2H3,(H,18,20)(H,15,16,17);1H4. The Morgan fingerprint density at radius 3 is 1.58 bits per heavy atom. The van der Waals surface area contributed by atoms with Crippen molar-refractivity contribution >= 4 is 58.2 Å². The fourth-order valence-electron chi connectivity index (χ4n) is 7.26. The molecule has 0 bridgehead atoms. The van der Waals surface area contributed by atoms with Crippen LogP contribution in [0.4, 0.5) is 28.8 Å². The maximum absolute atomic E-state index is 12.6. The van der Waals surface area contributed by atoms with Gasteiger partial charge in [-0.3, -0.25) is 33.1 Å². The van der Waals surface area contributed by atoms with Crippen molar-refractivity contribution in [2.45, 2.75) is 66.0 Å². The largest absolute Gasteiger partial charge is 0.342 e. The van der Waals surface area contributed by atoms with Gasteiger partial charge in [0, 0.05) is 24.3 Å². The summed E-state index contributed by atoms with van der Waals surface area (Å²) in [5.41, 5.74) is -0.668. The molecule has 9 rings (SSSR count). The SMILES string of the molecule is C.CC1(C)NC(=O)C2=C(C#N)C=C(Nc3ccncn3)CN21.CC1(C)NC(=O)c2c(C#N)cc(Nc3ccncn3)c(=O)n21.CC1(C)NC(=O)c2c(Cl)cc(Nc3ccncn3)c(=O)n21. The lowest BCUT2D eigenvalue weighted by molar-refractivity contribution is -0.117. The molecule has 23 heteroatoms. The summed E-state index contributed by atoms with van der Waals surface area (Å²) in [6, 6.07) is 11.8. The summed E-state index contributed by atoms with van der Waals surface area (Å²) in [5, 5.41) is 35.9. The van der Waals surface area contributed by atoms with Crippen LogP contribution in [0, 0.1) is 22.7 Å². The first-order valence-corrected chi connectivity index (χ1v) is 19.6. The third-order valence-electron chi connectivity index (χ3n) is 10.0. The summed E-state index contributed by atoms with van der Waals surface area (Å²) in [6.07, 6.45) is 10.6. The highest BCUT2D eigenvalue weighted by atomic mass is 35.5. The van der Waals surface area contributed by atoms with E-state index in [1.165, 1.54) is 46.4 Å². The van der Waals surface area contributed by atoms with E-state index in [0.29, 0.717) is 35.3 Å². The Morgan fingerprint density at radius 2 is 1.11 bits per heavy atom. The van der Waals surface area contributed by atoms with Gasteiger partial charge in [-0.15, -0.1) is 0 Å². The zero-order valence-electron chi connectivity index (χ0n) is 35.0. The molecule has 0 atom stereocenters. The smallest absolute Gasteiger partial charge is 0.276 e. The normalized spacial score (nSPS) is 16.4. The molecule has 3 amide bonds. The monoisotopic (exact) mass is 899 g/mol. The minimum absolute atomic E-state index is 0. The Bertz CT molecular complexity index is 2990. The number of hydrogen-bond acceptors (Lipinski definition) is 17. The van der Waals surface area contributed by atoms with Gasteiger partial charge in [0.05, 0.1) is 22.7 Å². The van der Waals surface area contributed by atoms with E-state index in [9.17, 15) is 34.5 Å². The molecule has 1 fully saturated rings. The lowest BCUT2D eigenvalue weighted by Gasteiger charge is -2.35. The summed E-state index contributed by atoms with van der Waals surface area (Å²) in [7, 11) is 0. The van der Waals surface area contributed by atoms with Crippen LogP contribution in [0.25, 0.3) is 0 Å². The molecule has 65 heavy (non-hydrogen) atoms. The molecule has 0 radical (unpaired) electrons. The van der Waals surface area contributed by atoms with Gasteiger partial charge in [-0.05, 0) is 78.0 Å². The number of fused-ring (bicyclic) bond motifs is 3. The van der Waals surface area contributed by atoms with Crippen LogP contribution in [0.1, 0.15) is 75.5 Å². The molecular formula is C42H42ClN17O5. The van der Waals surface area contributed by atoms with Gasteiger partial charge in [-0.2, -0.15) is 10.5 Å². The molecular weight excluding hydrogens is 858 g/mol. The molecule has 9 heterocycles. The summed E-state index contributed by atoms with van der Waals surface area (Å²) < 4.78 is 2.64. The number of carbonyl (C=O) groups is 3. The molecule has 0 saturated carbocycles. The Hall–Kier alpha value is -8.50. The summed E-state index contributed by atoms with van der Waals surface area (Å²) in [5.74, 6) is 0.519. The Balaban J connectivity index is 0.000000160. The van der Waals surface area contributed by atoms with Gasteiger partial charge >= 0.3 is 0 Å². The summed E-state index contributed by atoms with van der Waals surface area (Å²) in [6.45, 7) is 11.1. The summed E-state index contributed by atoms with van der Waals surface area (Å²) >= 11 is 6.14. The first-order valence-electron chi connectivity index (χ1n) is 19.2. The van der Waals surface area contributed by atoms with E-state index >= 15 is 0 Å². The maximum atomic E-state index is 12.6. The van der Waals surface area contributed by atoms with Crippen LogP contribution in [0.15, 0.2) is 101 Å². The number of hydrogen-bond donors (Lipinski definition) is 6. The number of halogens is 1. The second-order valence-corrected chi connectivity index (χ2v) is 16.2. The van der Waals surface area contributed by atoms with Crippen molar-refractivity contribution in [2.24, 2.45) is 0 Å². The third kappa shape index (κ3) is 9.05. The fourth-order valence-corrected chi connectivity index (χ4v) is 7.54. The van der Waals surface area contributed by atoms with E-state index in [1.54, 1.807) is 64.4 Å². The zero-order chi connectivity index (χ0) is 46.1. The number of amides is 3. The molecule has 0 unspecified atom stereocenters. The highest BCUT2D eigenvalue weighted by Crippen LogP contribution is 2.33. The average molecular weight is 900 g/mol. The molecule has 1 saturated heterocycles. The van der Waals surface area contributed by atoms with Crippen molar-refractivity contribution in [1.82, 2.24) is 59.9 Å². The summed E-state index contributed by atoms with van der Waals surface area (Å²) in [4.78, 5) is 86.6. The van der Waals surface area contributed by atoms with Crippen molar-refractivity contribution in [3.63, 3.8) is 0 Å². The van der Waals surface area contributed by atoms with E-state index in [4.69, 9.17) is 11.6 Å². The molecule has 332 valence electrons. The van der Waals surface area contributed by atoms with Gasteiger partial charge in [0.15, 0.2) is 0 Å². The second-order valence-electron chi connectivity index (χ2n) is 15.8. The quantitative estimate of drug-likeness (QED) is 0.142. The first kappa shape index (κ1) is 46.0. The van der Waals surface area contributed by atoms with Crippen LogP contribution in [0.2, 0.25) is 5.02 Å². The van der Waals surface area contributed by atoms with E-state index in [-0.39, 0.29) is 58.1 Å². The molecule has 4 aliphatic heterocycles. The number of rotatable bonds is 6. The number of allylic oxidation sites excluding steroid dienone is 2. The van der Waals surface area contributed by atoms with Crippen molar-refractivity contribution in [3.05, 3.63) is 134 Å². The highest BCUT2D eigenvalue weighted by Gasteiger charge is 2.44. The van der Waals surface area contributed by atoms with Crippen LogP contribution in [0.5, 0.6) is 0 Å². The zero-order valence-corrected chi connectivity index (χ0v) is 35.7. The van der Waals surface area contributed by atoms with Gasteiger partial charge in [0.25, 0.3) is 28.8 Å². The van der Waals surface area contributed by atoms with Gasteiger partial charge in [0.1, 0.15) is 94.0 Å². The third-order valence-corrected chi connectivity index (χ3v) is 10.3. The predicted octanol–water partition coefficient (Wildman–Crippen LogP) is 3.53. The van der Waals surface area contributed by atoms with Crippen molar-refractivity contribution in [2.75, 3.05) is 22.5 Å². The van der Waals surface area contributed by atoms with Crippen LogP contribution in [-0.2, 0) is 16.1 Å². The highest BCUT2D eigenvalue weighted by molar-refractivity contribution is 6.34. The molecule has 5 aromatic heterocycles. The molecule has 4 aliphatic rings. The van der Waals surface area contributed by atoms with E-state index in [2.05, 4.69) is 67.9 Å². The second kappa shape index (κ2) is 17.7. The van der Waals surface area contributed by atoms with Gasteiger partial charge < -0.3 is 36.8 Å². The number of pyridine rings is 2. The number of carbonyl (C=O) groups excluding carboxylic acids is 3. The Morgan fingerprint density at radius 1 is 0.646 bits per heavy atom. The molecule has 5 aromatic rings. The van der Waals surface area contributed by atoms with E-state index in [1.807, 2.05) is 24.8 Å². The van der Waals surface area contributed by atoms with Crippen LogP contribution in [0.3, 0.4) is 0 Å². The average Bonchev–Trinajstić information content (AvgIpc) is 3.77. The Labute approximate surface area is 376 Å². The minimum atomic E-state index is -0.904. The number of nitrogens with zero attached hydrogens (tertiary/aromatic N) is 11. The topological polar surface area (TPSA) is 296 Å². The lowest BCUT2D eigenvalue weighted by Crippen LogP contribution is -2.47. The van der Waals surface area contributed by atoms with Gasteiger partial charge in [-0.25, -0.2) is 29.9 Å². The number of nitrogens with one attached hydrogen (secondary N) is 6. The van der Waals surface area contributed by atoms with Crippen LogP contribution >= 0.6 is 11.6 Å². The van der Waals surface area contributed by atoms with E-state index < -0.39 is 28.5 Å². The molecule has 0 aliphatic carbocycles. The predicted molar refractivity (Wildman–Crippen MR) is 237 cm³/mol. The van der Waals surface area contributed by atoms with Crippen molar-refractivity contribution in [1.29, 1.82) is 10.5 Å². The van der Waals surface area contributed by atoms with Crippen LogP contribution in [-0.4, -0.2) is 73.9 Å². The van der Waals surface area contributed by atoms with Gasteiger partial charge in [0.2, 0.25) is 0 Å². The lowest BCUT2D eigenvalue weighted by atomic mass is 10.1. The van der Waals surface area contributed by atoms with Gasteiger partial charge in [-0.1, -0.05) is 19.0 Å².